The minimum atomic E-state index is -0.379. The summed E-state index contributed by atoms with van der Waals surface area (Å²) in [6.07, 6.45) is 0. The molecule has 2 aromatic carbocycles. The van der Waals surface area contributed by atoms with Gasteiger partial charge in [-0.3, -0.25) is 0 Å². The van der Waals surface area contributed by atoms with Crippen molar-refractivity contribution in [3.05, 3.63) is 51.6 Å². The Morgan fingerprint density at radius 3 is 2.45 bits per heavy atom. The summed E-state index contributed by atoms with van der Waals surface area (Å²) in [7, 11) is 0. The van der Waals surface area contributed by atoms with Gasteiger partial charge in [0.15, 0.2) is 0 Å². The second-order valence-electron chi connectivity index (χ2n) is 4.03. The van der Waals surface area contributed by atoms with Gasteiger partial charge in [-0.25, -0.2) is 4.79 Å². The molecule has 0 spiro atoms. The normalized spacial score (nSPS) is 10.3. The molecule has 5 heteroatoms. The smallest absolute Gasteiger partial charge is 0.340 e. The van der Waals surface area contributed by atoms with Gasteiger partial charge in [-0.2, -0.15) is 0 Å². The van der Waals surface area contributed by atoms with Crippen molar-refractivity contribution >= 4 is 46.0 Å². The Morgan fingerprint density at radius 2 is 1.85 bits per heavy atom. The lowest BCUT2D eigenvalue weighted by atomic mass is 10.2. The van der Waals surface area contributed by atoms with Crippen molar-refractivity contribution in [2.45, 2.75) is 16.7 Å². The molecule has 0 aliphatic carbocycles. The fourth-order valence-corrected chi connectivity index (χ4v) is 2.86. The lowest BCUT2D eigenvalue weighted by Crippen LogP contribution is -2.07. The minimum Gasteiger partial charge on any atom is -0.462 e. The summed E-state index contributed by atoms with van der Waals surface area (Å²) in [5, 5.41) is 0. The van der Waals surface area contributed by atoms with Gasteiger partial charge in [0.1, 0.15) is 0 Å². The number of carbonyl (C=O) groups is 1. The Bertz CT molecular complexity index is 614. The maximum Gasteiger partial charge on any atom is 0.340 e. The van der Waals surface area contributed by atoms with Crippen molar-refractivity contribution in [1.82, 2.24) is 0 Å². The Balaban J connectivity index is 2.16. The summed E-state index contributed by atoms with van der Waals surface area (Å²) < 4.78 is 6.15. The third-order valence-corrected chi connectivity index (χ3v) is 4.28. The third-order valence-electron chi connectivity index (χ3n) is 2.57. The molecule has 0 saturated heterocycles. The van der Waals surface area contributed by atoms with Crippen LogP contribution in [-0.4, -0.2) is 12.6 Å². The highest BCUT2D eigenvalue weighted by atomic mass is 127. The van der Waals surface area contributed by atoms with E-state index in [1.165, 1.54) is 3.57 Å². The van der Waals surface area contributed by atoms with Crippen molar-refractivity contribution in [1.29, 1.82) is 0 Å². The van der Waals surface area contributed by atoms with E-state index in [2.05, 4.69) is 46.9 Å². The topological polar surface area (TPSA) is 52.3 Å². The van der Waals surface area contributed by atoms with Gasteiger partial charge in [0.2, 0.25) is 0 Å². The molecule has 0 aliphatic heterocycles. The highest BCUT2D eigenvalue weighted by Gasteiger charge is 2.11. The number of nitrogen functional groups attached to an aromatic ring is 1. The number of hydrogen-bond donors (Lipinski definition) is 1. The Hall–Kier alpha value is -1.21. The van der Waals surface area contributed by atoms with Crippen molar-refractivity contribution < 1.29 is 9.53 Å². The van der Waals surface area contributed by atoms with E-state index in [-0.39, 0.29) is 5.97 Å². The zero-order chi connectivity index (χ0) is 14.5. The van der Waals surface area contributed by atoms with Gasteiger partial charge in [0, 0.05) is 19.0 Å². The fraction of sp³-hybridized carbons (Fsp3) is 0.133. The number of rotatable bonds is 4. The minimum absolute atomic E-state index is 0.345. The summed E-state index contributed by atoms with van der Waals surface area (Å²) in [6.45, 7) is 2.12. The molecule has 20 heavy (non-hydrogen) atoms. The van der Waals surface area contributed by atoms with Crippen LogP contribution >= 0.6 is 34.4 Å². The van der Waals surface area contributed by atoms with Crippen LogP contribution in [0.4, 0.5) is 5.69 Å². The lowest BCUT2D eigenvalue weighted by molar-refractivity contribution is 0.0527. The fourth-order valence-electron chi connectivity index (χ4n) is 1.64. The van der Waals surface area contributed by atoms with E-state index >= 15 is 0 Å². The number of carbonyl (C=O) groups excluding carboxylic acids is 1. The molecule has 0 radical (unpaired) electrons. The Kier molecular flexibility index (Phi) is 5.31. The quantitative estimate of drug-likeness (QED) is 0.476. The average molecular weight is 399 g/mol. The highest BCUT2D eigenvalue weighted by molar-refractivity contribution is 14.1. The molecule has 0 fully saturated rings. The SMILES string of the molecule is CCOC(=O)c1ccc(Sc2ccc(I)cc2)cc1N. The molecule has 0 saturated carbocycles. The molecule has 0 bridgehead atoms. The highest BCUT2D eigenvalue weighted by Crippen LogP contribution is 2.30. The van der Waals surface area contributed by atoms with Gasteiger partial charge in [-0.05, 0) is 72.0 Å². The van der Waals surface area contributed by atoms with E-state index in [1.54, 1.807) is 30.8 Å². The van der Waals surface area contributed by atoms with E-state index in [0.717, 1.165) is 9.79 Å². The van der Waals surface area contributed by atoms with Crippen LogP contribution in [0.1, 0.15) is 17.3 Å². The van der Waals surface area contributed by atoms with Crippen LogP contribution in [0.15, 0.2) is 52.3 Å². The van der Waals surface area contributed by atoms with Gasteiger partial charge in [0.05, 0.1) is 12.2 Å². The van der Waals surface area contributed by atoms with Crippen LogP contribution in [0, 0.1) is 3.57 Å². The maximum absolute atomic E-state index is 11.7. The van der Waals surface area contributed by atoms with Crippen LogP contribution in [0.3, 0.4) is 0 Å². The molecular formula is C15H14INO2S. The van der Waals surface area contributed by atoms with Crippen molar-refractivity contribution in [2.24, 2.45) is 0 Å². The van der Waals surface area contributed by atoms with Crippen LogP contribution in [0.5, 0.6) is 0 Å². The number of esters is 1. The first-order chi connectivity index (χ1) is 9.60. The van der Waals surface area contributed by atoms with Gasteiger partial charge in [-0.15, -0.1) is 0 Å². The summed E-state index contributed by atoms with van der Waals surface area (Å²) in [4.78, 5) is 13.8. The first-order valence-corrected chi connectivity index (χ1v) is 7.99. The number of anilines is 1. The van der Waals surface area contributed by atoms with E-state index in [9.17, 15) is 4.79 Å². The largest absolute Gasteiger partial charge is 0.462 e. The third kappa shape index (κ3) is 3.89. The van der Waals surface area contributed by atoms with E-state index in [4.69, 9.17) is 10.5 Å². The van der Waals surface area contributed by atoms with Crippen LogP contribution in [-0.2, 0) is 4.74 Å². The van der Waals surface area contributed by atoms with E-state index in [1.807, 2.05) is 6.07 Å². The number of hydrogen-bond acceptors (Lipinski definition) is 4. The molecule has 3 nitrogen and oxygen atoms in total. The zero-order valence-corrected chi connectivity index (χ0v) is 13.9. The molecule has 104 valence electrons. The summed E-state index contributed by atoms with van der Waals surface area (Å²) >= 11 is 3.88. The van der Waals surface area contributed by atoms with Gasteiger partial charge < -0.3 is 10.5 Å². The lowest BCUT2D eigenvalue weighted by Gasteiger charge is -2.07. The molecule has 2 N–H and O–H groups in total. The molecule has 2 aromatic rings. The average Bonchev–Trinajstić information content (AvgIpc) is 2.42. The number of benzene rings is 2. The predicted octanol–water partition coefficient (Wildman–Crippen LogP) is 4.20. The maximum atomic E-state index is 11.7. The number of nitrogens with two attached hydrogens (primary N) is 1. The second kappa shape index (κ2) is 6.99. The van der Waals surface area contributed by atoms with Crippen LogP contribution in [0.2, 0.25) is 0 Å². The molecule has 0 atom stereocenters. The Labute approximate surface area is 136 Å². The summed E-state index contributed by atoms with van der Waals surface area (Å²) in [5.41, 5.74) is 6.77. The standard InChI is InChI=1S/C15H14INO2S/c1-2-19-15(18)13-8-7-12(9-14(13)17)20-11-5-3-10(16)4-6-11/h3-9H,2,17H2,1H3. The van der Waals surface area contributed by atoms with Crippen LogP contribution in [0.25, 0.3) is 0 Å². The molecular weight excluding hydrogens is 385 g/mol. The molecule has 0 unspecified atom stereocenters. The second-order valence-corrected chi connectivity index (χ2v) is 6.42. The van der Waals surface area contributed by atoms with E-state index < -0.39 is 0 Å². The number of halogens is 1. The number of ether oxygens (including phenoxy) is 1. The Morgan fingerprint density at radius 1 is 1.20 bits per heavy atom. The molecule has 0 heterocycles. The summed E-state index contributed by atoms with van der Waals surface area (Å²) in [6, 6.07) is 13.6. The molecule has 0 aliphatic rings. The summed E-state index contributed by atoms with van der Waals surface area (Å²) in [5.74, 6) is -0.379. The molecule has 2 rings (SSSR count). The zero-order valence-electron chi connectivity index (χ0n) is 10.9. The van der Waals surface area contributed by atoms with Crippen molar-refractivity contribution in [3.8, 4) is 0 Å². The van der Waals surface area contributed by atoms with Gasteiger partial charge in [-0.1, -0.05) is 11.8 Å². The first-order valence-electron chi connectivity index (χ1n) is 6.10. The molecule has 0 amide bonds. The van der Waals surface area contributed by atoms with Crippen molar-refractivity contribution in [3.63, 3.8) is 0 Å². The monoisotopic (exact) mass is 399 g/mol. The van der Waals surface area contributed by atoms with Crippen LogP contribution < -0.4 is 5.73 Å². The van der Waals surface area contributed by atoms with Gasteiger partial charge in [0.25, 0.3) is 0 Å². The van der Waals surface area contributed by atoms with Gasteiger partial charge >= 0.3 is 5.97 Å². The van der Waals surface area contributed by atoms with E-state index in [0.29, 0.717) is 17.9 Å². The molecule has 0 aromatic heterocycles. The predicted molar refractivity (Wildman–Crippen MR) is 90.1 cm³/mol. The first kappa shape index (κ1) is 15.2. The van der Waals surface area contributed by atoms with Crippen molar-refractivity contribution in [2.75, 3.05) is 12.3 Å².